The Hall–Kier alpha value is -1.88. The van der Waals surface area contributed by atoms with E-state index in [0.717, 1.165) is 0 Å². The van der Waals surface area contributed by atoms with Gasteiger partial charge in [0.15, 0.2) is 0 Å². The molecule has 0 aromatic heterocycles. The van der Waals surface area contributed by atoms with E-state index >= 15 is 0 Å². The average Bonchev–Trinajstić information content (AvgIpc) is 2.42. The van der Waals surface area contributed by atoms with Gasteiger partial charge in [-0.3, -0.25) is 0 Å². The van der Waals surface area contributed by atoms with Crippen LogP contribution in [0.1, 0.15) is 10.4 Å². The van der Waals surface area contributed by atoms with E-state index in [1.807, 2.05) is 0 Å². The van der Waals surface area contributed by atoms with Crippen LogP contribution in [0.5, 0.6) is 11.5 Å². The fourth-order valence-electron chi connectivity index (χ4n) is 1.44. The first-order chi connectivity index (χ1) is 9.10. The van der Waals surface area contributed by atoms with Crippen LogP contribution in [-0.2, 0) is 0 Å². The summed E-state index contributed by atoms with van der Waals surface area (Å²) in [6, 6.07) is 10.4. The minimum atomic E-state index is -0.519. The van der Waals surface area contributed by atoms with Gasteiger partial charge in [-0.25, -0.2) is 9.18 Å². The van der Waals surface area contributed by atoms with Gasteiger partial charge in [0.05, 0.1) is 17.1 Å². The van der Waals surface area contributed by atoms with Crippen molar-refractivity contribution in [2.24, 2.45) is 0 Å². The Labute approximate surface area is 118 Å². The number of hydrogen-bond donors (Lipinski definition) is 0. The van der Waals surface area contributed by atoms with E-state index in [1.165, 1.54) is 18.2 Å². The van der Waals surface area contributed by atoms with Crippen LogP contribution < -0.4 is 9.47 Å². The molecule has 0 radical (unpaired) electrons. The van der Waals surface area contributed by atoms with Crippen molar-refractivity contribution in [3.05, 3.63) is 58.3 Å². The lowest BCUT2D eigenvalue weighted by Crippen LogP contribution is -2.08. The highest BCUT2D eigenvalue weighted by molar-refractivity contribution is 9.10. The zero-order valence-corrected chi connectivity index (χ0v) is 11.6. The Balaban J connectivity index is 2.15. The fraction of sp³-hybridized carbons (Fsp3) is 0.0714. The molecule has 3 nitrogen and oxygen atoms in total. The number of halogens is 2. The molecule has 2 aromatic rings. The number of ether oxygens (including phenoxy) is 2. The number of hydrogen-bond acceptors (Lipinski definition) is 3. The molecule has 0 saturated carbocycles. The maximum Gasteiger partial charge on any atom is 0.343 e. The highest BCUT2D eigenvalue weighted by Crippen LogP contribution is 2.26. The summed E-state index contributed by atoms with van der Waals surface area (Å²) in [4.78, 5) is 11.9. The van der Waals surface area contributed by atoms with Crippen LogP contribution in [0.4, 0.5) is 4.39 Å². The normalized spacial score (nSPS) is 10.1. The van der Waals surface area contributed by atoms with Gasteiger partial charge in [-0.15, -0.1) is 0 Å². The molecule has 5 heteroatoms. The van der Waals surface area contributed by atoms with E-state index in [2.05, 4.69) is 15.9 Å². The van der Waals surface area contributed by atoms with E-state index in [4.69, 9.17) is 9.47 Å². The van der Waals surface area contributed by atoms with Gasteiger partial charge in [0.2, 0.25) is 0 Å². The second kappa shape index (κ2) is 5.84. The molecule has 0 amide bonds. The van der Waals surface area contributed by atoms with Gasteiger partial charge in [-0.1, -0.05) is 0 Å². The van der Waals surface area contributed by atoms with Crippen molar-refractivity contribution in [1.82, 2.24) is 0 Å². The highest BCUT2D eigenvalue weighted by atomic mass is 79.9. The zero-order chi connectivity index (χ0) is 13.8. The van der Waals surface area contributed by atoms with Crippen LogP contribution in [0, 0.1) is 5.82 Å². The summed E-state index contributed by atoms with van der Waals surface area (Å²) in [6.45, 7) is 0. The van der Waals surface area contributed by atoms with E-state index in [1.54, 1.807) is 31.4 Å². The predicted octanol–water partition coefficient (Wildman–Crippen LogP) is 3.82. The summed E-state index contributed by atoms with van der Waals surface area (Å²) in [6.07, 6.45) is 0. The number of benzene rings is 2. The van der Waals surface area contributed by atoms with Crippen LogP contribution in [0.3, 0.4) is 0 Å². The first-order valence-corrected chi connectivity index (χ1v) is 6.21. The summed E-state index contributed by atoms with van der Waals surface area (Å²) in [7, 11) is 1.54. The molecule has 0 N–H and O–H groups in total. The Bertz CT molecular complexity index is 596. The quantitative estimate of drug-likeness (QED) is 0.636. The van der Waals surface area contributed by atoms with E-state index in [0.29, 0.717) is 15.8 Å². The largest absolute Gasteiger partial charge is 0.497 e. The molecule has 0 atom stereocenters. The monoisotopic (exact) mass is 324 g/mol. The van der Waals surface area contributed by atoms with Gasteiger partial charge >= 0.3 is 5.97 Å². The van der Waals surface area contributed by atoms with Gasteiger partial charge in [0, 0.05) is 0 Å². The summed E-state index contributed by atoms with van der Waals surface area (Å²) in [5.41, 5.74) is 0.386. The summed E-state index contributed by atoms with van der Waals surface area (Å²) in [5, 5.41) is 0. The van der Waals surface area contributed by atoms with Crippen molar-refractivity contribution in [2.75, 3.05) is 7.11 Å². The van der Waals surface area contributed by atoms with Crippen LogP contribution in [0.15, 0.2) is 46.9 Å². The van der Waals surface area contributed by atoms with Crippen LogP contribution >= 0.6 is 15.9 Å². The smallest absolute Gasteiger partial charge is 0.343 e. The lowest BCUT2D eigenvalue weighted by molar-refractivity contribution is 0.0733. The molecule has 0 saturated heterocycles. The number of methoxy groups -OCH3 is 1. The SMILES string of the molecule is COc1ccc(C(=O)Oc2ccc(F)cc2Br)cc1. The topological polar surface area (TPSA) is 35.5 Å². The number of carbonyl (C=O) groups excluding carboxylic acids is 1. The van der Waals surface area contributed by atoms with E-state index in [9.17, 15) is 9.18 Å². The molecule has 0 heterocycles. The molecule has 2 aromatic carbocycles. The first-order valence-electron chi connectivity index (χ1n) is 5.41. The predicted molar refractivity (Wildman–Crippen MR) is 72.1 cm³/mol. The number of esters is 1. The number of rotatable bonds is 3. The molecular weight excluding hydrogens is 315 g/mol. The van der Waals surface area contributed by atoms with Gasteiger partial charge in [0.1, 0.15) is 17.3 Å². The molecule has 0 aliphatic rings. The molecule has 0 aliphatic carbocycles. The van der Waals surface area contributed by atoms with Crippen LogP contribution in [-0.4, -0.2) is 13.1 Å². The van der Waals surface area contributed by atoms with Crippen molar-refractivity contribution in [3.8, 4) is 11.5 Å². The lowest BCUT2D eigenvalue weighted by Gasteiger charge is -2.07. The summed E-state index contributed by atoms with van der Waals surface area (Å²) >= 11 is 3.13. The Morgan fingerprint density at radius 2 is 1.84 bits per heavy atom. The molecule has 98 valence electrons. The van der Waals surface area contributed by atoms with Crippen molar-refractivity contribution in [2.45, 2.75) is 0 Å². The van der Waals surface area contributed by atoms with Crippen molar-refractivity contribution in [3.63, 3.8) is 0 Å². The molecule has 0 fully saturated rings. The Kier molecular flexibility index (Phi) is 4.16. The highest BCUT2D eigenvalue weighted by Gasteiger charge is 2.11. The van der Waals surface area contributed by atoms with Crippen molar-refractivity contribution < 1.29 is 18.7 Å². The minimum absolute atomic E-state index is 0.266. The van der Waals surface area contributed by atoms with E-state index in [-0.39, 0.29) is 5.75 Å². The summed E-state index contributed by atoms with van der Waals surface area (Å²) < 4.78 is 23.5. The fourth-order valence-corrected chi connectivity index (χ4v) is 1.88. The third-order valence-electron chi connectivity index (χ3n) is 2.42. The molecule has 0 bridgehead atoms. The molecule has 19 heavy (non-hydrogen) atoms. The van der Waals surface area contributed by atoms with Crippen LogP contribution in [0.25, 0.3) is 0 Å². The van der Waals surface area contributed by atoms with E-state index < -0.39 is 11.8 Å². The third kappa shape index (κ3) is 3.32. The van der Waals surface area contributed by atoms with Gasteiger partial charge < -0.3 is 9.47 Å². The second-order valence-electron chi connectivity index (χ2n) is 3.69. The van der Waals surface area contributed by atoms with Gasteiger partial charge in [0.25, 0.3) is 0 Å². The maximum absolute atomic E-state index is 12.9. The third-order valence-corrected chi connectivity index (χ3v) is 3.04. The lowest BCUT2D eigenvalue weighted by atomic mass is 10.2. The van der Waals surface area contributed by atoms with Crippen molar-refractivity contribution in [1.29, 1.82) is 0 Å². The summed E-state index contributed by atoms with van der Waals surface area (Å²) in [5.74, 6) is -0.00665. The average molecular weight is 325 g/mol. The molecule has 0 unspecified atom stereocenters. The standard InChI is InChI=1S/C14H10BrFO3/c1-18-11-5-2-9(3-6-11)14(17)19-13-7-4-10(16)8-12(13)15/h2-8H,1H3. The molecule has 2 rings (SSSR count). The molecular formula is C14H10BrFO3. The second-order valence-corrected chi connectivity index (χ2v) is 4.55. The maximum atomic E-state index is 12.9. The number of carbonyl (C=O) groups is 1. The zero-order valence-electron chi connectivity index (χ0n) is 10.0. The Morgan fingerprint density at radius 3 is 2.42 bits per heavy atom. The first kappa shape index (κ1) is 13.5. The Morgan fingerprint density at radius 1 is 1.16 bits per heavy atom. The van der Waals surface area contributed by atoms with Crippen molar-refractivity contribution >= 4 is 21.9 Å². The molecule has 0 aliphatic heterocycles. The van der Waals surface area contributed by atoms with Gasteiger partial charge in [-0.05, 0) is 58.4 Å². The van der Waals surface area contributed by atoms with Crippen LogP contribution in [0.2, 0.25) is 0 Å². The van der Waals surface area contributed by atoms with Gasteiger partial charge in [-0.2, -0.15) is 0 Å². The molecule has 0 spiro atoms. The minimum Gasteiger partial charge on any atom is -0.497 e.